The summed E-state index contributed by atoms with van der Waals surface area (Å²) in [6, 6.07) is 9.71. The Hall–Kier alpha value is -1.50. The molecule has 1 heterocycles. The number of rotatable bonds is 5. The summed E-state index contributed by atoms with van der Waals surface area (Å²) < 4.78 is 89.5. The zero-order valence-corrected chi connectivity index (χ0v) is 17.0. The number of benzene rings is 2. The second kappa shape index (κ2) is 7.39. The summed E-state index contributed by atoms with van der Waals surface area (Å²) in [4.78, 5) is 1.02. The van der Waals surface area contributed by atoms with E-state index in [9.17, 15) is 30.0 Å². The zero-order chi connectivity index (χ0) is 20.7. The van der Waals surface area contributed by atoms with Crippen molar-refractivity contribution >= 4 is 42.0 Å². The predicted octanol–water partition coefficient (Wildman–Crippen LogP) is 3.85. The Balaban J connectivity index is 1.99. The molecule has 28 heavy (non-hydrogen) atoms. The van der Waals surface area contributed by atoms with Crippen LogP contribution in [0.4, 0.5) is 13.2 Å². The van der Waals surface area contributed by atoms with Gasteiger partial charge in [0.15, 0.2) is 14.9 Å². The summed E-state index contributed by atoms with van der Waals surface area (Å²) in [5, 5.41) is 1.53. The first kappa shape index (κ1) is 21.2. The molecule has 0 radical (unpaired) electrons. The van der Waals surface area contributed by atoms with Crippen LogP contribution in [0.2, 0.25) is 0 Å². The van der Waals surface area contributed by atoms with Gasteiger partial charge in [-0.05, 0) is 38.0 Å². The lowest BCUT2D eigenvalue weighted by atomic mass is 10.1. The number of alkyl halides is 3. The molecular formula is C16H16F3NO5S3. The van der Waals surface area contributed by atoms with Gasteiger partial charge in [-0.1, -0.05) is 18.2 Å². The van der Waals surface area contributed by atoms with Crippen molar-refractivity contribution in [2.75, 3.05) is 5.75 Å². The first-order valence-electron chi connectivity index (χ1n) is 8.13. The van der Waals surface area contributed by atoms with Crippen molar-refractivity contribution in [3.8, 4) is 5.75 Å². The lowest BCUT2D eigenvalue weighted by molar-refractivity contribution is -0.0425. The Bertz CT molecular complexity index is 1100. The van der Waals surface area contributed by atoms with Crippen LogP contribution >= 0.6 is 0 Å². The van der Waals surface area contributed by atoms with Gasteiger partial charge in [0, 0.05) is 21.7 Å². The fraction of sp³-hybridized carbons (Fsp3) is 0.375. The highest BCUT2D eigenvalue weighted by atomic mass is 32.3. The molecule has 1 fully saturated rings. The van der Waals surface area contributed by atoms with Crippen LogP contribution in [-0.2, 0) is 31.2 Å². The van der Waals surface area contributed by atoms with Crippen LogP contribution in [0, 0.1) is 0 Å². The standard InChI is InChI=1S/C16H16F3NO5S3/c1-11-5-4-10-26(11)15-9-8-14(12-6-2-3-7-13(12)15)25-28(23,24)20-27(21,22)16(17,18)19/h2-3,6-9,11H,4-5,10H2,1H3. The van der Waals surface area contributed by atoms with Crippen LogP contribution in [0.15, 0.2) is 41.3 Å². The zero-order valence-electron chi connectivity index (χ0n) is 14.5. The quantitative estimate of drug-likeness (QED) is 0.639. The molecule has 0 saturated carbocycles. The molecule has 0 amide bonds. The van der Waals surface area contributed by atoms with Gasteiger partial charge in [-0.3, -0.25) is 0 Å². The van der Waals surface area contributed by atoms with Gasteiger partial charge in [-0.25, -0.2) is 16.8 Å². The normalized spacial score (nSPS) is 21.1. The van der Waals surface area contributed by atoms with E-state index in [1.165, 1.54) is 6.07 Å². The Kier molecular flexibility index (Phi) is 5.60. The van der Waals surface area contributed by atoms with Crippen LogP contribution in [0.5, 0.6) is 5.75 Å². The van der Waals surface area contributed by atoms with Crippen molar-refractivity contribution in [1.29, 1.82) is 0 Å². The molecule has 1 aliphatic rings. The van der Waals surface area contributed by atoms with Crippen molar-refractivity contribution in [3.05, 3.63) is 40.5 Å². The minimum Gasteiger partial charge on any atom is -0.394 e. The molecule has 0 spiro atoms. The van der Waals surface area contributed by atoms with Crippen molar-refractivity contribution in [2.45, 2.75) is 35.4 Å². The average molecular weight is 456 g/mol. The second-order valence-electron chi connectivity index (χ2n) is 6.20. The van der Waals surface area contributed by atoms with Crippen LogP contribution in [0.25, 0.3) is 14.9 Å². The minimum absolute atomic E-state index is 0.0421. The van der Waals surface area contributed by atoms with E-state index in [4.69, 9.17) is 0 Å². The van der Waals surface area contributed by atoms with Crippen LogP contribution in [-0.4, -0.2) is 33.3 Å². The SMILES string of the molecule is CC1CCC[S+]1c1ccc(OS(=O)(=O)[N-]S(=O)(=O)C(F)(F)F)c2ccccc12. The van der Waals surface area contributed by atoms with E-state index >= 15 is 0 Å². The smallest absolute Gasteiger partial charge is 0.394 e. The summed E-state index contributed by atoms with van der Waals surface area (Å²) in [5.41, 5.74) is -5.84. The molecule has 1 aliphatic heterocycles. The van der Waals surface area contributed by atoms with Gasteiger partial charge in [0.1, 0.15) is 16.8 Å². The Labute approximate surface area is 163 Å². The fourth-order valence-electron chi connectivity index (χ4n) is 3.03. The van der Waals surface area contributed by atoms with Crippen molar-refractivity contribution in [3.63, 3.8) is 0 Å². The van der Waals surface area contributed by atoms with Gasteiger partial charge in [0.2, 0.25) is 10.3 Å². The van der Waals surface area contributed by atoms with Gasteiger partial charge in [-0.2, -0.15) is 13.2 Å². The van der Waals surface area contributed by atoms with E-state index in [1.807, 2.05) is 4.13 Å². The highest BCUT2D eigenvalue weighted by Crippen LogP contribution is 2.38. The molecule has 2 aromatic rings. The van der Waals surface area contributed by atoms with Crippen LogP contribution in [0.1, 0.15) is 19.8 Å². The molecule has 2 atom stereocenters. The third kappa shape index (κ3) is 4.24. The van der Waals surface area contributed by atoms with Gasteiger partial charge in [-0.15, -0.1) is 0 Å². The van der Waals surface area contributed by atoms with Gasteiger partial charge < -0.3 is 8.31 Å². The minimum atomic E-state index is -6.24. The Morgan fingerprint density at radius 2 is 1.71 bits per heavy atom. The monoisotopic (exact) mass is 455 g/mol. The van der Waals surface area contributed by atoms with E-state index in [2.05, 4.69) is 11.1 Å². The molecule has 0 bridgehead atoms. The molecule has 12 heteroatoms. The molecule has 6 nitrogen and oxygen atoms in total. The van der Waals surface area contributed by atoms with Crippen molar-refractivity contribution in [1.82, 2.24) is 0 Å². The third-order valence-corrected chi connectivity index (χ3v) is 9.61. The van der Waals surface area contributed by atoms with E-state index in [-0.39, 0.29) is 16.6 Å². The largest absolute Gasteiger partial charge is 0.480 e. The molecular weight excluding hydrogens is 439 g/mol. The molecule has 2 unspecified atom stereocenters. The summed E-state index contributed by atoms with van der Waals surface area (Å²) in [6.07, 6.45) is 2.16. The Morgan fingerprint density at radius 3 is 2.29 bits per heavy atom. The molecule has 0 aromatic heterocycles. The second-order valence-corrected chi connectivity index (χ2v) is 11.7. The van der Waals surface area contributed by atoms with Crippen molar-refractivity contribution in [2.24, 2.45) is 0 Å². The predicted molar refractivity (Wildman–Crippen MR) is 101 cm³/mol. The molecule has 1 saturated heterocycles. The highest BCUT2D eigenvalue weighted by Gasteiger charge is 2.41. The fourth-order valence-corrected chi connectivity index (χ4v) is 7.51. The molecule has 0 aliphatic carbocycles. The maximum absolute atomic E-state index is 12.4. The summed E-state index contributed by atoms with van der Waals surface area (Å²) in [5.74, 6) is 0.721. The first-order chi connectivity index (χ1) is 12.9. The van der Waals surface area contributed by atoms with Crippen LogP contribution < -0.4 is 4.18 Å². The summed E-state index contributed by atoms with van der Waals surface area (Å²) >= 11 is 0. The van der Waals surface area contributed by atoms with E-state index in [0.717, 1.165) is 23.5 Å². The molecule has 154 valence electrons. The summed E-state index contributed by atoms with van der Waals surface area (Å²) in [6.45, 7) is 2.14. The highest BCUT2D eigenvalue weighted by molar-refractivity contribution is 8.10. The lowest BCUT2D eigenvalue weighted by Gasteiger charge is -2.22. The van der Waals surface area contributed by atoms with Gasteiger partial charge >= 0.3 is 5.51 Å². The molecule has 3 rings (SSSR count). The summed E-state index contributed by atoms with van der Waals surface area (Å²) in [7, 11) is -11.7. The lowest BCUT2D eigenvalue weighted by Crippen LogP contribution is -2.25. The number of sulfonamides is 1. The van der Waals surface area contributed by atoms with E-state index in [0.29, 0.717) is 16.0 Å². The van der Waals surface area contributed by atoms with Crippen LogP contribution in [0.3, 0.4) is 0 Å². The number of nitrogens with zero attached hydrogens (tertiary/aromatic N) is 1. The third-order valence-electron chi connectivity index (χ3n) is 4.26. The average Bonchev–Trinajstić information content (AvgIpc) is 2.99. The first-order valence-corrected chi connectivity index (χ1v) is 12.4. The van der Waals surface area contributed by atoms with Gasteiger partial charge in [0.25, 0.3) is 0 Å². The maximum atomic E-state index is 12.4. The molecule has 2 aromatic carbocycles. The van der Waals surface area contributed by atoms with Crippen molar-refractivity contribution < 1.29 is 34.2 Å². The maximum Gasteiger partial charge on any atom is 0.480 e. The topological polar surface area (TPSA) is 91.6 Å². The van der Waals surface area contributed by atoms with E-state index < -0.39 is 25.8 Å². The number of hydrogen-bond donors (Lipinski definition) is 0. The number of fused-ring (bicyclic) bond motifs is 1. The molecule has 0 N–H and O–H groups in total. The van der Waals surface area contributed by atoms with Gasteiger partial charge in [0.05, 0.1) is 0 Å². The number of halogens is 3. The Morgan fingerprint density at radius 1 is 1.07 bits per heavy atom. The van der Waals surface area contributed by atoms with E-state index in [1.54, 1.807) is 30.3 Å². The number of hydrogen-bond acceptors (Lipinski definition) is 5.